The molecule has 4 fully saturated rings. The lowest BCUT2D eigenvalue weighted by atomic mass is 10.00. The predicted octanol–water partition coefficient (Wildman–Crippen LogP) is -0.485. The van der Waals surface area contributed by atoms with Crippen molar-refractivity contribution in [1.82, 2.24) is 0 Å². The summed E-state index contributed by atoms with van der Waals surface area (Å²) < 4.78 is 65.1. The highest BCUT2D eigenvalue weighted by molar-refractivity contribution is 7.50. The van der Waals surface area contributed by atoms with Crippen LogP contribution in [0.3, 0.4) is 0 Å². The predicted molar refractivity (Wildman–Crippen MR) is 107 cm³/mol. The van der Waals surface area contributed by atoms with Crippen LogP contribution in [-0.2, 0) is 46.6 Å². The molecule has 4 heterocycles. The van der Waals surface area contributed by atoms with Crippen LogP contribution >= 0.6 is 15.2 Å². The Hall–Kier alpha value is 0.0600. The molecule has 10 atom stereocenters. The van der Waals surface area contributed by atoms with Crippen molar-refractivity contribution in [3.8, 4) is 0 Å². The molecule has 0 aromatic heterocycles. The first-order chi connectivity index (χ1) is 14.8. The molecule has 0 spiro atoms. The molecule has 32 heavy (non-hydrogen) atoms. The first-order valence-corrected chi connectivity index (χ1v) is 14.2. The van der Waals surface area contributed by atoms with Crippen LogP contribution in [0, 0.1) is 0 Å². The van der Waals surface area contributed by atoms with Crippen LogP contribution in [0.4, 0.5) is 0 Å². The molecular weight excluding hydrogens is 470 g/mol. The highest BCUT2D eigenvalue weighted by Gasteiger charge is 2.62. The number of ether oxygens (including phenoxy) is 6. The van der Waals surface area contributed by atoms with E-state index >= 15 is 0 Å². The van der Waals surface area contributed by atoms with Gasteiger partial charge in [0.25, 0.3) is 0 Å². The molecule has 6 unspecified atom stereocenters. The zero-order valence-corrected chi connectivity index (χ0v) is 20.9. The van der Waals surface area contributed by atoms with Gasteiger partial charge in [0.15, 0.2) is 0 Å². The average molecular weight is 502 g/mol. The average Bonchev–Trinajstić information content (AvgIpc) is 3.28. The lowest BCUT2D eigenvalue weighted by Gasteiger charge is -2.31. The van der Waals surface area contributed by atoms with Crippen LogP contribution in [0.1, 0.15) is 13.8 Å². The van der Waals surface area contributed by atoms with Crippen molar-refractivity contribution in [1.29, 1.82) is 0 Å². The van der Waals surface area contributed by atoms with Crippen molar-refractivity contribution < 1.29 is 56.4 Å². The molecule has 0 amide bonds. The number of fused-ring (bicyclic) bond motifs is 4. The van der Waals surface area contributed by atoms with E-state index in [-0.39, 0.29) is 37.6 Å². The van der Waals surface area contributed by atoms with Crippen LogP contribution in [0.25, 0.3) is 0 Å². The van der Waals surface area contributed by atoms with E-state index < -0.39 is 38.6 Å². The molecule has 0 N–H and O–H groups in total. The molecular formula is C18H32O12P2-2. The van der Waals surface area contributed by atoms with Gasteiger partial charge in [-0.15, -0.1) is 0 Å². The van der Waals surface area contributed by atoms with Gasteiger partial charge in [0, 0.05) is 27.5 Å². The summed E-state index contributed by atoms with van der Waals surface area (Å²) in [5, 5.41) is 0. The Kier molecular flexibility index (Phi) is 8.00. The van der Waals surface area contributed by atoms with Crippen LogP contribution in [0.15, 0.2) is 0 Å². The van der Waals surface area contributed by atoms with E-state index in [2.05, 4.69) is 0 Å². The molecule has 4 saturated heterocycles. The van der Waals surface area contributed by atoms with E-state index in [1.807, 2.05) is 13.8 Å². The first-order valence-electron chi connectivity index (χ1n) is 10.3. The van der Waals surface area contributed by atoms with Crippen molar-refractivity contribution in [2.75, 3.05) is 54.0 Å². The van der Waals surface area contributed by atoms with Gasteiger partial charge in [-0.3, -0.25) is 0 Å². The maximum atomic E-state index is 11.2. The van der Waals surface area contributed by atoms with Crippen molar-refractivity contribution in [3.05, 3.63) is 0 Å². The fourth-order valence-corrected chi connectivity index (χ4v) is 6.23. The second kappa shape index (κ2) is 9.60. The van der Waals surface area contributed by atoms with Gasteiger partial charge in [0.1, 0.15) is 50.8 Å². The van der Waals surface area contributed by atoms with Crippen molar-refractivity contribution >= 4 is 15.2 Å². The SMILES string of the molecule is COCC12COC(C(C)O1)[C@@H]2OP(C)(=O)[O-].COC[C@@]12COC([C@H](C)O1)[C@H]2OP(C)(=O)[O-]. The maximum Gasteiger partial charge on any atom is 0.144 e. The van der Waals surface area contributed by atoms with Crippen LogP contribution in [-0.4, -0.2) is 102 Å². The second-order valence-electron chi connectivity index (χ2n) is 8.79. The van der Waals surface area contributed by atoms with Gasteiger partial charge in [-0.1, -0.05) is 0 Å². The monoisotopic (exact) mass is 502 g/mol. The van der Waals surface area contributed by atoms with Gasteiger partial charge >= 0.3 is 0 Å². The van der Waals surface area contributed by atoms with Gasteiger partial charge in [-0.2, -0.15) is 0 Å². The van der Waals surface area contributed by atoms with Crippen LogP contribution in [0.5, 0.6) is 0 Å². The largest absolute Gasteiger partial charge is 0.779 e. The number of rotatable bonds is 8. The Morgan fingerprint density at radius 3 is 1.41 bits per heavy atom. The van der Waals surface area contributed by atoms with Gasteiger partial charge in [0.2, 0.25) is 0 Å². The Balaban J connectivity index is 0.000000181. The normalized spacial score (nSPS) is 45.9. The lowest BCUT2D eigenvalue weighted by molar-refractivity contribution is -0.207. The van der Waals surface area contributed by atoms with Gasteiger partial charge in [-0.25, -0.2) is 0 Å². The zero-order chi connectivity index (χ0) is 23.9. The maximum absolute atomic E-state index is 11.2. The van der Waals surface area contributed by atoms with Gasteiger partial charge in [0.05, 0.1) is 38.6 Å². The van der Waals surface area contributed by atoms with E-state index in [1.165, 1.54) is 14.2 Å². The van der Waals surface area contributed by atoms with E-state index in [1.54, 1.807) is 0 Å². The van der Waals surface area contributed by atoms with Crippen molar-refractivity contribution in [2.24, 2.45) is 0 Å². The minimum Gasteiger partial charge on any atom is -0.779 e. The number of methoxy groups -OCH3 is 2. The summed E-state index contributed by atoms with van der Waals surface area (Å²) in [5.41, 5.74) is -1.57. The second-order valence-corrected chi connectivity index (χ2v) is 12.3. The van der Waals surface area contributed by atoms with E-state index in [0.29, 0.717) is 13.2 Å². The fourth-order valence-electron chi connectivity index (χ4n) is 4.78. The quantitative estimate of drug-likeness (QED) is 0.394. The fraction of sp³-hybridized carbons (Fsp3) is 1.00. The van der Waals surface area contributed by atoms with Gasteiger partial charge < -0.3 is 56.4 Å². The van der Waals surface area contributed by atoms with Crippen LogP contribution < -0.4 is 9.79 Å². The molecule has 0 aliphatic carbocycles. The van der Waals surface area contributed by atoms with Crippen molar-refractivity contribution in [3.63, 3.8) is 0 Å². The van der Waals surface area contributed by atoms with Gasteiger partial charge in [-0.05, 0) is 13.8 Å². The smallest absolute Gasteiger partial charge is 0.144 e. The minimum absolute atomic E-state index is 0.180. The molecule has 12 nitrogen and oxygen atoms in total. The molecule has 14 heteroatoms. The third-order valence-corrected chi connectivity index (χ3v) is 7.05. The number of hydrogen-bond acceptors (Lipinski definition) is 12. The Morgan fingerprint density at radius 1 is 0.812 bits per heavy atom. The molecule has 0 saturated carbocycles. The zero-order valence-electron chi connectivity index (χ0n) is 19.1. The topological polar surface area (TPSA) is 154 Å². The summed E-state index contributed by atoms with van der Waals surface area (Å²) in [6.45, 7) is 6.91. The van der Waals surface area contributed by atoms with Crippen molar-refractivity contribution in [2.45, 2.75) is 61.7 Å². The Bertz CT molecular complexity index is 692. The molecule has 0 aromatic carbocycles. The summed E-state index contributed by atoms with van der Waals surface area (Å²) in [6, 6.07) is 0. The molecule has 0 aromatic rings. The van der Waals surface area contributed by atoms with Crippen LogP contribution in [0.2, 0.25) is 0 Å². The Morgan fingerprint density at radius 2 is 1.16 bits per heavy atom. The highest BCUT2D eigenvalue weighted by atomic mass is 31.2. The molecule has 4 aliphatic rings. The third kappa shape index (κ3) is 5.48. The molecule has 188 valence electrons. The molecule has 0 radical (unpaired) electrons. The molecule has 4 rings (SSSR count). The standard InChI is InChI=1S/2C9H17O6P/c2*1-6-7-8(15-16(3,10)11)9(14-6,4-12-2)5-13-7/h2*6-8H,4-5H2,1-3H3,(H,10,11)/p-2/t6?,7?,8-,9?;6-,7?,8+,9-/m00/s1. The van der Waals surface area contributed by atoms with E-state index in [0.717, 1.165) is 13.3 Å². The summed E-state index contributed by atoms with van der Waals surface area (Å²) in [5.74, 6) is 0. The van der Waals surface area contributed by atoms with E-state index in [9.17, 15) is 18.9 Å². The summed E-state index contributed by atoms with van der Waals surface area (Å²) >= 11 is 0. The summed E-state index contributed by atoms with van der Waals surface area (Å²) in [7, 11) is -4.54. The first kappa shape index (κ1) is 26.7. The lowest BCUT2D eigenvalue weighted by Crippen LogP contribution is -2.46. The minimum atomic E-state index is -3.81. The van der Waals surface area contributed by atoms with E-state index in [4.69, 9.17) is 37.5 Å². The Labute approximate surface area is 187 Å². The number of hydrogen-bond donors (Lipinski definition) is 0. The molecule has 4 bridgehead atoms. The third-order valence-electron chi connectivity index (χ3n) is 5.83. The highest BCUT2D eigenvalue weighted by Crippen LogP contribution is 2.49. The molecule has 4 aliphatic heterocycles. The summed E-state index contributed by atoms with van der Waals surface area (Å²) in [6.07, 6.45) is -2.23. The summed E-state index contributed by atoms with van der Waals surface area (Å²) in [4.78, 5) is 22.4.